The van der Waals surface area contributed by atoms with Crippen molar-refractivity contribution >= 4 is 17.7 Å². The minimum atomic E-state index is -0.937. The van der Waals surface area contributed by atoms with Gasteiger partial charge in [-0.3, -0.25) is 9.59 Å². The van der Waals surface area contributed by atoms with Crippen LogP contribution in [0.5, 0.6) is 0 Å². The number of hydrogen-bond donors (Lipinski definition) is 2. The van der Waals surface area contributed by atoms with Gasteiger partial charge in [-0.15, -0.1) is 0 Å². The van der Waals surface area contributed by atoms with Crippen LogP contribution in [0.15, 0.2) is 21.7 Å². The van der Waals surface area contributed by atoms with Crippen LogP contribution in [-0.2, 0) is 15.0 Å². The zero-order valence-electron chi connectivity index (χ0n) is 14.3. The van der Waals surface area contributed by atoms with E-state index in [2.05, 4.69) is 10.5 Å². The summed E-state index contributed by atoms with van der Waals surface area (Å²) in [5.74, 6) is -1.56. The average Bonchev–Trinajstić information content (AvgIpc) is 2.89. The van der Waals surface area contributed by atoms with Gasteiger partial charge in [-0.1, -0.05) is 37.1 Å². The summed E-state index contributed by atoms with van der Waals surface area (Å²) in [4.78, 5) is 24.0. The van der Waals surface area contributed by atoms with Crippen LogP contribution < -0.4 is 5.32 Å². The minimum absolute atomic E-state index is 0.207. The molecule has 0 spiro atoms. The van der Waals surface area contributed by atoms with Gasteiger partial charge in [0, 0.05) is 11.5 Å². The Labute approximate surface area is 135 Å². The van der Waals surface area contributed by atoms with Gasteiger partial charge in [-0.05, 0) is 26.7 Å². The first kappa shape index (κ1) is 17.2. The molecule has 0 aromatic carbocycles. The van der Waals surface area contributed by atoms with Gasteiger partial charge in [0.1, 0.15) is 5.76 Å². The predicted molar refractivity (Wildman–Crippen MR) is 86.1 cm³/mol. The maximum Gasteiger partial charge on any atom is 0.307 e. The maximum atomic E-state index is 12.5. The average molecular weight is 320 g/mol. The second-order valence-corrected chi connectivity index (χ2v) is 7.34. The standard InChI is InChI=1S/C17H24N2O4/c1-9-6-11(12(16(21)22)7-10(9)2)15(20)18-14-8-13(23-19-14)17(3,4)5/h8,11-12H,6-7H2,1-5H3,(H,21,22)(H,18,19,20)/t11-,12-/m1/s1. The molecule has 1 aromatic heterocycles. The van der Waals surface area contributed by atoms with E-state index in [1.807, 2.05) is 34.6 Å². The number of amides is 1. The molecule has 2 rings (SSSR count). The Morgan fingerprint density at radius 1 is 1.22 bits per heavy atom. The summed E-state index contributed by atoms with van der Waals surface area (Å²) >= 11 is 0. The molecule has 126 valence electrons. The number of aliphatic carboxylic acids is 1. The summed E-state index contributed by atoms with van der Waals surface area (Å²) < 4.78 is 5.24. The van der Waals surface area contributed by atoms with Crippen molar-refractivity contribution < 1.29 is 19.2 Å². The van der Waals surface area contributed by atoms with E-state index in [4.69, 9.17) is 4.52 Å². The minimum Gasteiger partial charge on any atom is -0.481 e. The van der Waals surface area contributed by atoms with Crippen molar-refractivity contribution in [2.45, 2.75) is 52.9 Å². The van der Waals surface area contributed by atoms with Gasteiger partial charge in [0.05, 0.1) is 11.8 Å². The number of carboxylic acid groups (broad SMARTS) is 1. The van der Waals surface area contributed by atoms with Gasteiger partial charge >= 0.3 is 5.97 Å². The van der Waals surface area contributed by atoms with Gasteiger partial charge in [-0.25, -0.2) is 0 Å². The molecule has 1 aliphatic rings. The van der Waals surface area contributed by atoms with Crippen molar-refractivity contribution in [3.63, 3.8) is 0 Å². The van der Waals surface area contributed by atoms with E-state index >= 15 is 0 Å². The lowest BCUT2D eigenvalue weighted by molar-refractivity contribution is -0.146. The molecule has 0 aliphatic heterocycles. The molecule has 1 amide bonds. The molecular weight excluding hydrogens is 296 g/mol. The number of carboxylic acids is 1. The topological polar surface area (TPSA) is 92.4 Å². The van der Waals surface area contributed by atoms with Crippen molar-refractivity contribution in [3.05, 3.63) is 23.0 Å². The molecule has 0 saturated carbocycles. The first-order chi connectivity index (χ1) is 10.6. The summed E-state index contributed by atoms with van der Waals surface area (Å²) in [6.45, 7) is 9.82. The Kier molecular flexibility index (Phi) is 4.63. The molecule has 6 heteroatoms. The third kappa shape index (κ3) is 3.81. The second kappa shape index (κ2) is 6.18. The number of carbonyl (C=O) groups is 2. The molecule has 0 unspecified atom stereocenters. The smallest absolute Gasteiger partial charge is 0.307 e. The van der Waals surface area contributed by atoms with E-state index in [1.54, 1.807) is 6.07 Å². The van der Waals surface area contributed by atoms with E-state index in [1.165, 1.54) is 0 Å². The third-order valence-electron chi connectivity index (χ3n) is 4.42. The molecule has 0 fully saturated rings. The summed E-state index contributed by atoms with van der Waals surface area (Å²) in [7, 11) is 0. The fourth-order valence-corrected chi connectivity index (χ4v) is 2.73. The van der Waals surface area contributed by atoms with Crippen molar-refractivity contribution in [1.29, 1.82) is 0 Å². The van der Waals surface area contributed by atoms with Gasteiger partial charge in [0.25, 0.3) is 0 Å². The lowest BCUT2D eigenvalue weighted by atomic mass is 9.76. The highest BCUT2D eigenvalue weighted by Gasteiger charge is 2.37. The van der Waals surface area contributed by atoms with E-state index < -0.39 is 17.8 Å². The molecule has 0 saturated heterocycles. The first-order valence-electron chi connectivity index (χ1n) is 7.75. The van der Waals surface area contributed by atoms with E-state index in [9.17, 15) is 14.7 Å². The number of rotatable bonds is 3. The van der Waals surface area contributed by atoms with Gasteiger partial charge in [-0.2, -0.15) is 0 Å². The fourth-order valence-electron chi connectivity index (χ4n) is 2.73. The normalized spacial score (nSPS) is 22.1. The first-order valence-corrected chi connectivity index (χ1v) is 7.75. The largest absolute Gasteiger partial charge is 0.481 e. The van der Waals surface area contributed by atoms with Crippen LogP contribution in [-0.4, -0.2) is 22.1 Å². The molecule has 2 atom stereocenters. The fraction of sp³-hybridized carbons (Fsp3) is 0.588. The Hall–Kier alpha value is -2.11. The number of allylic oxidation sites excluding steroid dienone is 2. The second-order valence-electron chi connectivity index (χ2n) is 7.34. The molecule has 1 aliphatic carbocycles. The predicted octanol–water partition coefficient (Wildman–Crippen LogP) is 3.36. The van der Waals surface area contributed by atoms with Crippen molar-refractivity contribution in [3.8, 4) is 0 Å². The van der Waals surface area contributed by atoms with Crippen LogP contribution in [0.4, 0.5) is 5.82 Å². The maximum absolute atomic E-state index is 12.5. The molecule has 6 nitrogen and oxygen atoms in total. The lowest BCUT2D eigenvalue weighted by Gasteiger charge is -2.29. The number of nitrogens with zero attached hydrogens (tertiary/aromatic N) is 1. The summed E-state index contributed by atoms with van der Waals surface area (Å²) in [6, 6.07) is 1.68. The van der Waals surface area contributed by atoms with E-state index in [-0.39, 0.29) is 11.3 Å². The third-order valence-corrected chi connectivity index (χ3v) is 4.42. The molecule has 0 radical (unpaired) electrons. The molecule has 1 heterocycles. The van der Waals surface area contributed by atoms with E-state index in [0.717, 1.165) is 11.1 Å². The number of anilines is 1. The SMILES string of the molecule is CC1=C(C)C[C@@H](C(=O)Nc2cc(C(C)(C)C)on2)[C@H](C(=O)O)C1. The Morgan fingerprint density at radius 3 is 2.26 bits per heavy atom. The quantitative estimate of drug-likeness (QED) is 0.833. The number of nitrogens with one attached hydrogen (secondary N) is 1. The van der Waals surface area contributed by atoms with Crippen LogP contribution in [0.3, 0.4) is 0 Å². The van der Waals surface area contributed by atoms with Crippen molar-refractivity contribution in [2.75, 3.05) is 5.32 Å². The van der Waals surface area contributed by atoms with Crippen molar-refractivity contribution in [2.24, 2.45) is 11.8 Å². The van der Waals surface area contributed by atoms with Gasteiger partial charge in [0.2, 0.25) is 5.91 Å². The van der Waals surface area contributed by atoms with Crippen LogP contribution >= 0.6 is 0 Å². The molecule has 1 aromatic rings. The van der Waals surface area contributed by atoms with Crippen LogP contribution in [0.1, 0.15) is 53.2 Å². The summed E-state index contributed by atoms with van der Waals surface area (Å²) in [6.07, 6.45) is 0.865. The molecular formula is C17H24N2O4. The Morgan fingerprint density at radius 2 is 1.78 bits per heavy atom. The van der Waals surface area contributed by atoms with Crippen molar-refractivity contribution in [1.82, 2.24) is 5.16 Å². The zero-order valence-corrected chi connectivity index (χ0v) is 14.3. The highest BCUT2D eigenvalue weighted by atomic mass is 16.5. The highest BCUT2D eigenvalue weighted by molar-refractivity contribution is 5.94. The molecule has 0 bridgehead atoms. The molecule has 2 N–H and O–H groups in total. The van der Waals surface area contributed by atoms with Crippen LogP contribution in [0, 0.1) is 11.8 Å². The summed E-state index contributed by atoms with van der Waals surface area (Å²) in [5, 5.41) is 16.0. The number of aromatic nitrogens is 1. The number of carbonyl (C=O) groups excluding carboxylic acids is 1. The Bertz CT molecular complexity index is 652. The number of hydrogen-bond acceptors (Lipinski definition) is 4. The van der Waals surface area contributed by atoms with E-state index in [0.29, 0.717) is 24.4 Å². The van der Waals surface area contributed by atoms with Gasteiger partial charge in [0.15, 0.2) is 5.82 Å². The molecule has 23 heavy (non-hydrogen) atoms. The highest BCUT2D eigenvalue weighted by Crippen LogP contribution is 2.35. The van der Waals surface area contributed by atoms with Crippen LogP contribution in [0.2, 0.25) is 0 Å². The summed E-state index contributed by atoms with van der Waals surface area (Å²) in [5.41, 5.74) is 1.93. The zero-order chi connectivity index (χ0) is 17.4. The monoisotopic (exact) mass is 320 g/mol. The van der Waals surface area contributed by atoms with Gasteiger partial charge < -0.3 is 14.9 Å². The Balaban J connectivity index is 2.16. The lowest BCUT2D eigenvalue weighted by Crippen LogP contribution is -2.36. The van der Waals surface area contributed by atoms with Crippen LogP contribution in [0.25, 0.3) is 0 Å².